The normalized spacial score (nSPS) is 16.8. The van der Waals surface area contributed by atoms with Crippen molar-refractivity contribution >= 4 is 11.7 Å². The summed E-state index contributed by atoms with van der Waals surface area (Å²) >= 11 is 0. The minimum Gasteiger partial charge on any atom is -0.494 e. The first-order valence-electron chi connectivity index (χ1n) is 12.5. The summed E-state index contributed by atoms with van der Waals surface area (Å²) in [6.45, 7) is 4.18. The Morgan fingerprint density at radius 2 is 1.74 bits per heavy atom. The van der Waals surface area contributed by atoms with Crippen LogP contribution in [0.1, 0.15) is 47.7 Å². The number of piperidine rings is 1. The van der Waals surface area contributed by atoms with Crippen molar-refractivity contribution in [2.75, 3.05) is 19.7 Å². The summed E-state index contributed by atoms with van der Waals surface area (Å²) in [5.74, 6) is -4.29. The number of halogens is 3. The molecule has 0 unspecified atom stereocenters. The second-order valence-electron chi connectivity index (χ2n) is 9.62. The molecule has 0 radical (unpaired) electrons. The van der Waals surface area contributed by atoms with Gasteiger partial charge in [-0.2, -0.15) is 0 Å². The zero-order chi connectivity index (χ0) is 26.9. The minimum atomic E-state index is -1.49. The molecular weight excluding hydrogens is 497 g/mol. The van der Waals surface area contributed by atoms with Gasteiger partial charge >= 0.3 is 5.97 Å². The molecule has 2 aliphatic rings. The highest BCUT2D eigenvalue weighted by molar-refractivity contribution is 6.02. The molecule has 0 aromatic heterocycles. The molecule has 3 aromatic carbocycles. The topological polar surface area (TPSA) is 71.4 Å². The third kappa shape index (κ3) is 5.11. The van der Waals surface area contributed by atoms with E-state index in [1.165, 1.54) is 6.07 Å². The first-order chi connectivity index (χ1) is 18.3. The molecule has 9 heteroatoms. The first kappa shape index (κ1) is 25.8. The molecule has 1 saturated heterocycles. The van der Waals surface area contributed by atoms with E-state index in [0.29, 0.717) is 56.8 Å². The lowest BCUT2D eigenvalue weighted by molar-refractivity contribution is -0.0626. The Bertz CT molecular complexity index is 1380. The second-order valence-corrected chi connectivity index (χ2v) is 9.62. The monoisotopic (exact) mass is 524 g/mol. The van der Waals surface area contributed by atoms with Crippen molar-refractivity contribution in [2.45, 2.75) is 38.3 Å². The van der Waals surface area contributed by atoms with E-state index in [-0.39, 0.29) is 11.1 Å². The van der Waals surface area contributed by atoms with Crippen LogP contribution in [-0.4, -0.2) is 47.0 Å². The average Bonchev–Trinajstić information content (AvgIpc) is 3.33. The average molecular weight is 525 g/mol. The number of benzene rings is 3. The van der Waals surface area contributed by atoms with E-state index >= 15 is 0 Å². The maximum absolute atomic E-state index is 14.7. The van der Waals surface area contributed by atoms with Gasteiger partial charge in [-0.05, 0) is 60.0 Å². The van der Waals surface area contributed by atoms with Crippen LogP contribution in [0, 0.1) is 17.5 Å². The molecule has 1 N–H and O–H groups in total. The number of hydrogen-bond donors (Lipinski definition) is 1. The Balaban J connectivity index is 1.29. The van der Waals surface area contributed by atoms with Gasteiger partial charge in [0.1, 0.15) is 11.4 Å². The number of carbonyl (C=O) groups is 1. The number of ether oxygens (including phenoxy) is 1. The van der Waals surface area contributed by atoms with E-state index in [1.807, 2.05) is 13.0 Å². The van der Waals surface area contributed by atoms with E-state index in [1.54, 1.807) is 36.4 Å². The predicted molar refractivity (Wildman–Crippen MR) is 136 cm³/mol. The van der Waals surface area contributed by atoms with E-state index in [9.17, 15) is 18.0 Å². The minimum absolute atomic E-state index is 0.00140. The Hall–Kier alpha value is -3.85. The third-order valence-corrected chi connectivity index (χ3v) is 7.18. The molecule has 0 amide bonds. The molecular formula is C29H27F3N2O4. The number of nitrogens with zero attached hydrogens (tertiary/aromatic N) is 2. The van der Waals surface area contributed by atoms with Crippen LogP contribution in [0.15, 0.2) is 59.8 Å². The molecule has 0 bridgehead atoms. The number of carboxylic acid groups (broad SMARTS) is 1. The van der Waals surface area contributed by atoms with Gasteiger partial charge in [-0.15, -0.1) is 0 Å². The molecule has 1 fully saturated rings. The van der Waals surface area contributed by atoms with Crippen LogP contribution < -0.4 is 4.74 Å². The highest BCUT2D eigenvalue weighted by Gasteiger charge is 2.42. The van der Waals surface area contributed by atoms with Gasteiger partial charge in [-0.25, -0.2) is 18.0 Å². The fourth-order valence-corrected chi connectivity index (χ4v) is 5.06. The summed E-state index contributed by atoms with van der Waals surface area (Å²) in [6, 6.07) is 14.0. The summed E-state index contributed by atoms with van der Waals surface area (Å²) in [5.41, 5.74) is 2.64. The van der Waals surface area contributed by atoms with Crippen molar-refractivity contribution in [3.05, 3.63) is 88.7 Å². The largest absolute Gasteiger partial charge is 0.494 e. The van der Waals surface area contributed by atoms with Crippen molar-refractivity contribution in [1.82, 2.24) is 4.90 Å². The second kappa shape index (κ2) is 10.5. The van der Waals surface area contributed by atoms with Crippen LogP contribution in [0.25, 0.3) is 11.1 Å². The Morgan fingerprint density at radius 3 is 2.42 bits per heavy atom. The molecule has 5 rings (SSSR count). The maximum Gasteiger partial charge on any atom is 0.335 e. The number of carboxylic acids is 1. The smallest absolute Gasteiger partial charge is 0.335 e. The Labute approximate surface area is 218 Å². The van der Waals surface area contributed by atoms with Gasteiger partial charge in [0.15, 0.2) is 17.5 Å². The van der Waals surface area contributed by atoms with Crippen LogP contribution in [0.2, 0.25) is 0 Å². The van der Waals surface area contributed by atoms with Gasteiger partial charge in [0.25, 0.3) is 0 Å². The molecule has 0 saturated carbocycles. The predicted octanol–water partition coefficient (Wildman–Crippen LogP) is 6.03. The number of hydrogen-bond acceptors (Lipinski definition) is 5. The summed E-state index contributed by atoms with van der Waals surface area (Å²) in [4.78, 5) is 19.2. The third-order valence-electron chi connectivity index (χ3n) is 7.18. The van der Waals surface area contributed by atoms with Gasteiger partial charge < -0.3 is 14.7 Å². The van der Waals surface area contributed by atoms with Crippen molar-refractivity contribution in [2.24, 2.45) is 5.16 Å². The molecule has 0 atom stereocenters. The van der Waals surface area contributed by atoms with Crippen molar-refractivity contribution in [3.63, 3.8) is 0 Å². The van der Waals surface area contributed by atoms with Crippen LogP contribution in [0.4, 0.5) is 13.2 Å². The Morgan fingerprint density at radius 1 is 1.03 bits per heavy atom. The van der Waals surface area contributed by atoms with Crippen LogP contribution in [0.3, 0.4) is 0 Å². The SMILES string of the molecule is CCOc1ccc(-c2ccc(F)c(F)c2F)c(CN2CCC3(CC2)CC(c2ccc(C(=O)O)cc2)=NO3)c1. The van der Waals surface area contributed by atoms with E-state index in [4.69, 9.17) is 14.7 Å². The van der Waals surface area contributed by atoms with E-state index in [0.717, 1.165) is 22.9 Å². The lowest BCUT2D eigenvalue weighted by Crippen LogP contribution is -2.44. The Kier molecular flexibility index (Phi) is 7.12. The number of aromatic carboxylic acids is 1. The molecule has 3 aromatic rings. The zero-order valence-electron chi connectivity index (χ0n) is 20.8. The lowest BCUT2D eigenvalue weighted by atomic mass is 9.85. The first-order valence-corrected chi connectivity index (χ1v) is 12.5. The van der Waals surface area contributed by atoms with Crippen molar-refractivity contribution < 1.29 is 32.6 Å². The molecule has 1 spiro atoms. The number of oxime groups is 1. The van der Waals surface area contributed by atoms with Crippen LogP contribution in [-0.2, 0) is 11.4 Å². The maximum atomic E-state index is 14.7. The fraction of sp³-hybridized carbons (Fsp3) is 0.310. The number of likely N-dealkylation sites (tertiary alicyclic amines) is 1. The summed E-state index contributed by atoms with van der Waals surface area (Å²) in [7, 11) is 0. The summed E-state index contributed by atoms with van der Waals surface area (Å²) in [6.07, 6.45) is 2.05. The lowest BCUT2D eigenvalue weighted by Gasteiger charge is -2.37. The van der Waals surface area contributed by atoms with E-state index < -0.39 is 29.0 Å². The molecule has 0 aliphatic carbocycles. The van der Waals surface area contributed by atoms with Gasteiger partial charge in [-0.3, -0.25) is 4.90 Å². The van der Waals surface area contributed by atoms with Gasteiger partial charge in [-0.1, -0.05) is 23.4 Å². The van der Waals surface area contributed by atoms with Gasteiger partial charge in [0.05, 0.1) is 17.9 Å². The standard InChI is InChI=1S/C29H27F3N2O4/c1-2-37-21-7-8-22(23-9-10-24(30)27(32)26(23)31)20(15-21)17-34-13-11-29(12-14-34)16-25(33-38-29)18-3-5-19(6-4-18)28(35)36/h3-10,15H,2,11-14,16-17H2,1H3,(H,35,36). The highest BCUT2D eigenvalue weighted by atomic mass is 19.2. The zero-order valence-corrected chi connectivity index (χ0v) is 20.8. The summed E-state index contributed by atoms with van der Waals surface area (Å²) in [5, 5.41) is 13.4. The molecule has 6 nitrogen and oxygen atoms in total. The summed E-state index contributed by atoms with van der Waals surface area (Å²) < 4.78 is 47.9. The van der Waals surface area contributed by atoms with Gasteiger partial charge in [0.2, 0.25) is 0 Å². The van der Waals surface area contributed by atoms with Crippen LogP contribution >= 0.6 is 0 Å². The van der Waals surface area contributed by atoms with Crippen molar-refractivity contribution in [3.8, 4) is 16.9 Å². The quantitative estimate of drug-likeness (QED) is 0.383. The fourth-order valence-electron chi connectivity index (χ4n) is 5.06. The van der Waals surface area contributed by atoms with Crippen LogP contribution in [0.5, 0.6) is 5.75 Å². The highest BCUT2D eigenvalue weighted by Crippen LogP contribution is 2.38. The van der Waals surface area contributed by atoms with Gasteiger partial charge in [0, 0.05) is 44.5 Å². The molecule has 38 heavy (non-hydrogen) atoms. The molecule has 198 valence electrons. The van der Waals surface area contributed by atoms with E-state index in [2.05, 4.69) is 10.1 Å². The molecule has 2 aliphatic heterocycles. The number of rotatable bonds is 7. The molecule has 2 heterocycles. The van der Waals surface area contributed by atoms with Crippen molar-refractivity contribution in [1.29, 1.82) is 0 Å².